The maximum absolute atomic E-state index is 13.1. The number of nitrogens with zero attached hydrogens (tertiary/aromatic N) is 2. The van der Waals surface area contributed by atoms with E-state index in [1.807, 2.05) is 39.8 Å². The van der Waals surface area contributed by atoms with E-state index in [1.54, 1.807) is 24.3 Å². The van der Waals surface area contributed by atoms with Crippen molar-refractivity contribution in [3.05, 3.63) is 91.9 Å². The summed E-state index contributed by atoms with van der Waals surface area (Å²) in [6, 6.07) is 16.4. The third-order valence-electron chi connectivity index (χ3n) is 7.89. The number of carbonyl (C=O) groups is 4. The number of rotatable bonds is 17. The zero-order valence-electron chi connectivity index (χ0n) is 31.5. The van der Waals surface area contributed by atoms with Gasteiger partial charge in [-0.2, -0.15) is 10.2 Å². The lowest BCUT2D eigenvalue weighted by atomic mass is 9.95. The minimum atomic E-state index is -0.784. The molecule has 0 spiro atoms. The van der Waals surface area contributed by atoms with E-state index in [1.165, 1.54) is 38.1 Å². The summed E-state index contributed by atoms with van der Waals surface area (Å²) in [6.45, 7) is 10.9. The molecule has 56 heavy (non-hydrogen) atoms. The number of Topliss-reactive ketones (excluding diaryl/α,β-unsaturated/α-hetero) is 2. The van der Waals surface area contributed by atoms with Crippen molar-refractivity contribution >= 4 is 104 Å². The van der Waals surface area contributed by atoms with Gasteiger partial charge in [-0.1, -0.05) is 60.3 Å². The van der Waals surface area contributed by atoms with Crippen LogP contribution in [0.2, 0.25) is 20.1 Å². The molecule has 16 heteroatoms. The fourth-order valence-corrected chi connectivity index (χ4v) is 5.83. The van der Waals surface area contributed by atoms with Crippen LogP contribution in [0.4, 0.5) is 22.7 Å². The van der Waals surface area contributed by atoms with Gasteiger partial charge in [0.25, 0.3) is 11.8 Å². The molecule has 12 nitrogen and oxygen atoms in total. The number of hydrogen-bond donors (Lipinski definition) is 4. The molecule has 4 rings (SSSR count). The van der Waals surface area contributed by atoms with E-state index in [0.29, 0.717) is 59.0 Å². The molecular formula is C40H40Cl4N6O6. The van der Waals surface area contributed by atoms with Crippen molar-refractivity contribution in [3.8, 4) is 22.6 Å². The number of benzene rings is 4. The zero-order chi connectivity index (χ0) is 41.1. The molecule has 4 N–H and O–H groups in total. The van der Waals surface area contributed by atoms with Crippen LogP contribution < -0.4 is 31.0 Å². The number of hydrazone groups is 2. The van der Waals surface area contributed by atoms with Crippen molar-refractivity contribution < 1.29 is 28.7 Å². The van der Waals surface area contributed by atoms with Gasteiger partial charge in [0.1, 0.15) is 11.5 Å². The summed E-state index contributed by atoms with van der Waals surface area (Å²) >= 11 is 24.5. The number of amides is 2. The summed E-state index contributed by atoms with van der Waals surface area (Å²) in [5.74, 6) is -1.92. The van der Waals surface area contributed by atoms with E-state index >= 15 is 0 Å². The van der Waals surface area contributed by atoms with Gasteiger partial charge in [-0.15, -0.1) is 0 Å². The molecule has 0 aliphatic rings. The quantitative estimate of drug-likeness (QED) is 0.0464. The van der Waals surface area contributed by atoms with Gasteiger partial charge in [-0.05, 0) is 110 Å². The molecule has 0 saturated carbocycles. The molecule has 0 heterocycles. The Morgan fingerprint density at radius 2 is 0.946 bits per heavy atom. The molecule has 0 atom stereocenters. The third-order valence-corrected chi connectivity index (χ3v) is 9.02. The van der Waals surface area contributed by atoms with Crippen LogP contribution in [0.5, 0.6) is 11.5 Å². The third kappa shape index (κ3) is 11.5. The Kier molecular flexibility index (Phi) is 15.7. The van der Waals surface area contributed by atoms with E-state index in [0.717, 1.165) is 22.3 Å². The molecule has 0 aliphatic heterocycles. The summed E-state index contributed by atoms with van der Waals surface area (Å²) in [4.78, 5) is 51.3. The Morgan fingerprint density at radius 1 is 0.571 bits per heavy atom. The number of carbonyl (C=O) groups excluding carboxylic acids is 4. The average molecular weight is 843 g/mol. The Labute approximate surface area is 344 Å². The predicted molar refractivity (Wildman–Crippen MR) is 227 cm³/mol. The maximum atomic E-state index is 13.1. The Balaban J connectivity index is 1.69. The second-order valence-corrected chi connectivity index (χ2v) is 14.1. The van der Waals surface area contributed by atoms with E-state index < -0.39 is 34.8 Å². The standard InChI is InChI=1S/C40H40Cl4N6O6/c1-7-13-55-35-19-27(21(3)15-33(35)47-49-37(23(5)51)39(53)45-31-17-25(41)9-11-29(31)43)28-20-36(56-14-8-2)34(16-22(28)4)48-50-38(24(6)52)40(54)46-32-18-26(42)10-12-30(32)44/h9-12,15-20,47-48H,7-8,13-14H2,1-6H3,(H,45,53)(H,46,54)/b49-37-,50-38+. The second kappa shape index (κ2) is 20.1. The molecule has 0 aromatic heterocycles. The van der Waals surface area contributed by atoms with Gasteiger partial charge in [-0.25, -0.2) is 0 Å². The highest BCUT2D eigenvalue weighted by molar-refractivity contribution is 6.68. The monoisotopic (exact) mass is 840 g/mol. The van der Waals surface area contributed by atoms with Gasteiger partial charge in [0.2, 0.25) is 0 Å². The topological polar surface area (TPSA) is 160 Å². The smallest absolute Gasteiger partial charge is 0.279 e. The summed E-state index contributed by atoms with van der Waals surface area (Å²) in [5.41, 5.74) is 9.33. The molecule has 0 fully saturated rings. The van der Waals surface area contributed by atoms with Crippen molar-refractivity contribution in [1.82, 2.24) is 0 Å². The normalized spacial score (nSPS) is 11.5. The number of ether oxygens (including phenoxy) is 2. The Morgan fingerprint density at radius 3 is 1.29 bits per heavy atom. The Bertz CT molecular complexity index is 2070. The van der Waals surface area contributed by atoms with Gasteiger partial charge in [0.15, 0.2) is 23.0 Å². The molecule has 2 amide bonds. The highest BCUT2D eigenvalue weighted by atomic mass is 35.5. The van der Waals surface area contributed by atoms with Crippen molar-refractivity contribution in [2.24, 2.45) is 10.2 Å². The average Bonchev–Trinajstić information content (AvgIpc) is 3.13. The minimum absolute atomic E-state index is 0.222. The van der Waals surface area contributed by atoms with Crippen LogP contribution in [0.15, 0.2) is 70.9 Å². The lowest BCUT2D eigenvalue weighted by Gasteiger charge is -2.19. The van der Waals surface area contributed by atoms with Crippen LogP contribution in [0.25, 0.3) is 11.1 Å². The fourth-order valence-electron chi connectivity index (χ4n) is 5.15. The van der Waals surface area contributed by atoms with Crippen molar-refractivity contribution in [3.63, 3.8) is 0 Å². The van der Waals surface area contributed by atoms with Crippen LogP contribution in [-0.2, 0) is 19.2 Å². The molecule has 0 bridgehead atoms. The first-order valence-electron chi connectivity index (χ1n) is 17.4. The van der Waals surface area contributed by atoms with E-state index in [9.17, 15) is 19.2 Å². The number of ketones is 2. The van der Waals surface area contributed by atoms with Gasteiger partial charge in [0.05, 0.1) is 46.0 Å². The number of hydrogen-bond acceptors (Lipinski definition) is 10. The van der Waals surface area contributed by atoms with Crippen LogP contribution in [0.1, 0.15) is 51.7 Å². The maximum Gasteiger partial charge on any atom is 0.279 e. The van der Waals surface area contributed by atoms with Crippen LogP contribution in [0, 0.1) is 13.8 Å². The minimum Gasteiger partial charge on any atom is -0.491 e. The van der Waals surface area contributed by atoms with Gasteiger partial charge in [0, 0.05) is 23.9 Å². The summed E-state index contributed by atoms with van der Waals surface area (Å²) in [5, 5.41) is 14.7. The van der Waals surface area contributed by atoms with Crippen LogP contribution in [0.3, 0.4) is 0 Å². The molecule has 0 unspecified atom stereocenters. The zero-order valence-corrected chi connectivity index (χ0v) is 34.5. The molecule has 0 saturated heterocycles. The lowest BCUT2D eigenvalue weighted by molar-refractivity contribution is -0.116. The summed E-state index contributed by atoms with van der Waals surface area (Å²) in [7, 11) is 0. The SMILES string of the molecule is CCCOc1cc(-c2cc(OCCC)c(N/N=C(\C(C)=O)C(=O)Nc3cc(Cl)ccc3Cl)cc2C)c(C)cc1N/N=C(/C(C)=O)C(=O)Nc1cc(Cl)ccc1Cl. The molecule has 294 valence electrons. The summed E-state index contributed by atoms with van der Waals surface area (Å²) in [6.07, 6.45) is 1.41. The number of anilines is 4. The first-order valence-corrected chi connectivity index (χ1v) is 18.9. The van der Waals surface area contributed by atoms with Gasteiger partial charge < -0.3 is 20.1 Å². The van der Waals surface area contributed by atoms with Crippen molar-refractivity contribution in [1.29, 1.82) is 0 Å². The van der Waals surface area contributed by atoms with E-state index in [2.05, 4.69) is 31.7 Å². The molecule has 4 aromatic rings. The van der Waals surface area contributed by atoms with Crippen molar-refractivity contribution in [2.45, 2.75) is 54.4 Å². The number of aryl methyl sites for hydroxylation is 2. The lowest BCUT2D eigenvalue weighted by Crippen LogP contribution is -2.29. The second-order valence-electron chi connectivity index (χ2n) is 12.4. The number of halogens is 4. The first-order chi connectivity index (χ1) is 26.6. The largest absolute Gasteiger partial charge is 0.491 e. The fraction of sp³-hybridized carbons (Fsp3) is 0.250. The molecular weight excluding hydrogens is 802 g/mol. The number of nitrogens with one attached hydrogen (secondary N) is 4. The van der Waals surface area contributed by atoms with Gasteiger partial charge >= 0.3 is 0 Å². The predicted octanol–water partition coefficient (Wildman–Crippen LogP) is 10.2. The van der Waals surface area contributed by atoms with Crippen molar-refractivity contribution in [2.75, 3.05) is 34.7 Å². The van der Waals surface area contributed by atoms with E-state index in [-0.39, 0.29) is 21.4 Å². The highest BCUT2D eigenvalue weighted by Crippen LogP contribution is 2.40. The van der Waals surface area contributed by atoms with Crippen LogP contribution in [-0.4, -0.2) is 48.0 Å². The highest BCUT2D eigenvalue weighted by Gasteiger charge is 2.22. The molecule has 0 aliphatic carbocycles. The van der Waals surface area contributed by atoms with E-state index in [4.69, 9.17) is 55.9 Å². The Hall–Kier alpha value is -5.14. The summed E-state index contributed by atoms with van der Waals surface area (Å²) < 4.78 is 12.2. The molecule has 0 radical (unpaired) electrons. The van der Waals surface area contributed by atoms with Crippen LogP contribution >= 0.6 is 46.4 Å². The first kappa shape index (κ1) is 43.6. The molecule has 4 aromatic carbocycles. The van der Waals surface area contributed by atoms with Gasteiger partial charge in [-0.3, -0.25) is 30.0 Å².